The third-order valence-electron chi connectivity index (χ3n) is 3.76. The van der Waals surface area contributed by atoms with Gasteiger partial charge in [-0.25, -0.2) is 4.98 Å². The Hall–Kier alpha value is -1.98. The molecule has 1 aromatic carbocycles. The second-order valence-electron chi connectivity index (χ2n) is 5.45. The van der Waals surface area contributed by atoms with Crippen molar-refractivity contribution in [2.45, 2.75) is 27.2 Å². The molecule has 118 valence electrons. The normalized spacial score (nSPS) is 10.7. The van der Waals surface area contributed by atoms with Crippen LogP contribution in [0.1, 0.15) is 21.0 Å². The number of nitrogens with zero attached hydrogens (tertiary/aromatic N) is 1. The van der Waals surface area contributed by atoms with E-state index in [1.807, 2.05) is 56.5 Å². The SMILES string of the molecule is Cc1nc(-c2cccs2)c(CC(=O)Nc2cccc(C)c2C)s1. The van der Waals surface area contributed by atoms with Gasteiger partial charge in [0.25, 0.3) is 0 Å². The second-order valence-corrected chi connectivity index (χ2v) is 7.69. The van der Waals surface area contributed by atoms with Crippen LogP contribution in [0.25, 0.3) is 10.6 Å². The van der Waals surface area contributed by atoms with Gasteiger partial charge < -0.3 is 5.32 Å². The number of amides is 1. The van der Waals surface area contributed by atoms with Crippen LogP contribution in [-0.4, -0.2) is 10.9 Å². The van der Waals surface area contributed by atoms with E-state index in [9.17, 15) is 4.79 Å². The highest BCUT2D eigenvalue weighted by Gasteiger charge is 2.16. The molecule has 2 heterocycles. The first kappa shape index (κ1) is 15.9. The van der Waals surface area contributed by atoms with Crippen molar-refractivity contribution in [2.75, 3.05) is 5.32 Å². The molecule has 0 unspecified atom stereocenters. The second kappa shape index (κ2) is 6.64. The Kier molecular flexibility index (Phi) is 4.59. The Morgan fingerprint density at radius 2 is 2.00 bits per heavy atom. The largest absolute Gasteiger partial charge is 0.326 e. The minimum absolute atomic E-state index is 0.000145. The van der Waals surface area contributed by atoms with E-state index in [1.165, 1.54) is 5.56 Å². The molecule has 0 saturated carbocycles. The Bertz CT molecular complexity index is 835. The molecule has 0 saturated heterocycles. The molecule has 5 heteroatoms. The summed E-state index contributed by atoms with van der Waals surface area (Å²) in [5.41, 5.74) is 4.11. The number of aryl methyl sites for hydroxylation is 2. The summed E-state index contributed by atoms with van der Waals surface area (Å²) in [6.07, 6.45) is 0.353. The van der Waals surface area contributed by atoms with E-state index in [0.29, 0.717) is 6.42 Å². The van der Waals surface area contributed by atoms with E-state index in [0.717, 1.165) is 31.7 Å². The molecule has 3 rings (SSSR count). The zero-order chi connectivity index (χ0) is 16.4. The average Bonchev–Trinajstić information content (AvgIpc) is 3.13. The van der Waals surface area contributed by atoms with Gasteiger partial charge in [-0.2, -0.15) is 0 Å². The Morgan fingerprint density at radius 1 is 1.17 bits per heavy atom. The van der Waals surface area contributed by atoms with Gasteiger partial charge in [0.1, 0.15) is 0 Å². The number of rotatable bonds is 4. The first-order valence-electron chi connectivity index (χ1n) is 7.41. The standard InChI is InChI=1S/C18H18N2OS2/c1-11-6-4-7-14(12(11)2)20-17(21)10-16-18(19-13(3)23-16)15-8-5-9-22-15/h4-9H,10H2,1-3H3,(H,20,21). The number of anilines is 1. The van der Waals surface area contributed by atoms with Gasteiger partial charge in [0.05, 0.1) is 22.0 Å². The number of hydrogen-bond donors (Lipinski definition) is 1. The topological polar surface area (TPSA) is 42.0 Å². The lowest BCUT2D eigenvalue weighted by Crippen LogP contribution is -2.15. The maximum Gasteiger partial charge on any atom is 0.229 e. The molecule has 3 aromatic rings. The fraction of sp³-hybridized carbons (Fsp3) is 0.222. The third-order valence-corrected chi connectivity index (χ3v) is 5.61. The van der Waals surface area contributed by atoms with Crippen LogP contribution in [0.3, 0.4) is 0 Å². The molecule has 0 bridgehead atoms. The number of nitrogens with one attached hydrogen (secondary N) is 1. The van der Waals surface area contributed by atoms with Gasteiger partial charge in [-0.1, -0.05) is 18.2 Å². The van der Waals surface area contributed by atoms with E-state index >= 15 is 0 Å². The van der Waals surface area contributed by atoms with Crippen LogP contribution in [-0.2, 0) is 11.2 Å². The van der Waals surface area contributed by atoms with Crippen molar-refractivity contribution < 1.29 is 4.79 Å². The van der Waals surface area contributed by atoms with Gasteiger partial charge in [-0.3, -0.25) is 4.79 Å². The minimum Gasteiger partial charge on any atom is -0.326 e. The summed E-state index contributed by atoms with van der Waals surface area (Å²) in [6.45, 7) is 6.05. The predicted octanol–water partition coefficient (Wildman–Crippen LogP) is 4.98. The lowest BCUT2D eigenvalue weighted by molar-refractivity contribution is -0.115. The van der Waals surface area contributed by atoms with Crippen LogP contribution >= 0.6 is 22.7 Å². The van der Waals surface area contributed by atoms with Gasteiger partial charge >= 0.3 is 0 Å². The van der Waals surface area contributed by atoms with Crippen molar-refractivity contribution in [3.63, 3.8) is 0 Å². The van der Waals surface area contributed by atoms with Gasteiger partial charge in [-0.15, -0.1) is 22.7 Å². The number of carbonyl (C=O) groups is 1. The number of thiophene rings is 1. The molecule has 1 N–H and O–H groups in total. The molecule has 3 nitrogen and oxygen atoms in total. The van der Waals surface area contributed by atoms with Crippen LogP contribution in [0.4, 0.5) is 5.69 Å². The molecule has 0 fully saturated rings. The van der Waals surface area contributed by atoms with Gasteiger partial charge in [0.2, 0.25) is 5.91 Å². The van der Waals surface area contributed by atoms with E-state index in [4.69, 9.17) is 0 Å². The van der Waals surface area contributed by atoms with Crippen LogP contribution in [0.2, 0.25) is 0 Å². The summed E-state index contributed by atoms with van der Waals surface area (Å²) in [4.78, 5) is 19.2. The first-order chi connectivity index (χ1) is 11.0. The van der Waals surface area contributed by atoms with Crippen molar-refractivity contribution in [1.29, 1.82) is 0 Å². The smallest absolute Gasteiger partial charge is 0.229 e. The van der Waals surface area contributed by atoms with Crippen LogP contribution in [0, 0.1) is 20.8 Å². The monoisotopic (exact) mass is 342 g/mol. The Labute approximate surface area is 144 Å². The number of hydrogen-bond acceptors (Lipinski definition) is 4. The number of benzene rings is 1. The molecule has 0 atom stereocenters. The lowest BCUT2D eigenvalue weighted by Gasteiger charge is -2.10. The van der Waals surface area contributed by atoms with Crippen molar-refractivity contribution in [1.82, 2.24) is 4.98 Å². The Balaban J connectivity index is 1.80. The van der Waals surface area contributed by atoms with E-state index in [1.54, 1.807) is 22.7 Å². The molecule has 1 amide bonds. The van der Waals surface area contributed by atoms with Gasteiger partial charge in [0.15, 0.2) is 0 Å². The fourth-order valence-electron chi connectivity index (χ4n) is 2.42. The molecule has 23 heavy (non-hydrogen) atoms. The molecule has 0 aliphatic carbocycles. The summed E-state index contributed by atoms with van der Waals surface area (Å²) in [5.74, 6) is 0.000145. The Morgan fingerprint density at radius 3 is 2.74 bits per heavy atom. The lowest BCUT2D eigenvalue weighted by atomic mass is 10.1. The van der Waals surface area contributed by atoms with E-state index in [-0.39, 0.29) is 5.91 Å². The minimum atomic E-state index is 0.000145. The number of carbonyl (C=O) groups excluding carboxylic acids is 1. The van der Waals surface area contributed by atoms with Crippen molar-refractivity contribution in [3.8, 4) is 10.6 Å². The average molecular weight is 342 g/mol. The third kappa shape index (κ3) is 3.51. The van der Waals surface area contributed by atoms with Crippen LogP contribution < -0.4 is 5.32 Å². The van der Waals surface area contributed by atoms with Crippen molar-refractivity contribution in [2.24, 2.45) is 0 Å². The molecule has 0 aliphatic heterocycles. The summed E-state index contributed by atoms with van der Waals surface area (Å²) in [5, 5.41) is 6.05. The van der Waals surface area contributed by atoms with Crippen LogP contribution in [0.5, 0.6) is 0 Å². The fourth-order valence-corrected chi connectivity index (χ4v) is 4.18. The van der Waals surface area contributed by atoms with Gasteiger partial charge in [0, 0.05) is 10.6 Å². The highest BCUT2D eigenvalue weighted by Crippen LogP contribution is 2.31. The predicted molar refractivity (Wildman–Crippen MR) is 98.4 cm³/mol. The van der Waals surface area contributed by atoms with Crippen molar-refractivity contribution in [3.05, 3.63) is 56.7 Å². The molecule has 0 aliphatic rings. The molecular weight excluding hydrogens is 324 g/mol. The maximum absolute atomic E-state index is 12.4. The molecule has 0 spiro atoms. The number of aromatic nitrogens is 1. The quantitative estimate of drug-likeness (QED) is 0.726. The highest BCUT2D eigenvalue weighted by molar-refractivity contribution is 7.15. The summed E-state index contributed by atoms with van der Waals surface area (Å²) >= 11 is 3.25. The summed E-state index contributed by atoms with van der Waals surface area (Å²) < 4.78 is 0. The van der Waals surface area contributed by atoms with Gasteiger partial charge in [-0.05, 0) is 49.4 Å². The molecular formula is C18H18N2OS2. The zero-order valence-corrected chi connectivity index (χ0v) is 15.0. The number of thiazole rings is 1. The first-order valence-corrected chi connectivity index (χ1v) is 9.10. The van der Waals surface area contributed by atoms with E-state index in [2.05, 4.69) is 10.3 Å². The van der Waals surface area contributed by atoms with Crippen LogP contribution in [0.15, 0.2) is 35.7 Å². The molecule has 0 radical (unpaired) electrons. The summed E-state index contributed by atoms with van der Waals surface area (Å²) in [6, 6.07) is 10.0. The highest BCUT2D eigenvalue weighted by atomic mass is 32.1. The van der Waals surface area contributed by atoms with E-state index < -0.39 is 0 Å². The zero-order valence-electron chi connectivity index (χ0n) is 13.3. The molecule has 2 aromatic heterocycles. The summed E-state index contributed by atoms with van der Waals surface area (Å²) in [7, 11) is 0. The maximum atomic E-state index is 12.4. The van der Waals surface area contributed by atoms with Crippen molar-refractivity contribution >= 4 is 34.3 Å².